The Labute approximate surface area is 98.0 Å². The molecule has 0 bridgehead atoms. The van der Waals surface area contributed by atoms with Crippen molar-refractivity contribution in [2.75, 3.05) is 14.1 Å². The number of alkyl halides is 3. The fourth-order valence-electron chi connectivity index (χ4n) is 1.75. The Morgan fingerprint density at radius 2 is 1.65 bits per heavy atom. The Morgan fingerprint density at radius 1 is 1.18 bits per heavy atom. The van der Waals surface area contributed by atoms with Crippen LogP contribution in [-0.4, -0.2) is 24.8 Å². The molecule has 0 N–H and O–H groups in total. The highest BCUT2D eigenvalue weighted by Crippen LogP contribution is 2.30. The first kappa shape index (κ1) is 13.7. The predicted molar refractivity (Wildman–Crippen MR) is 58.6 cm³/mol. The van der Waals surface area contributed by atoms with Crippen molar-refractivity contribution in [2.24, 2.45) is 0 Å². The number of ketones is 1. The Bertz CT molecular complexity index is 395. The molecule has 94 valence electrons. The standard InChI is InChI=1S/C12H14F3NO/c1-8(17)11(16(2)3)9-4-6-10(7-5-9)12(13,14)15/h4-7,11H,1-3H3. The maximum absolute atomic E-state index is 12.4. The van der Waals surface area contributed by atoms with Crippen LogP contribution in [-0.2, 0) is 11.0 Å². The minimum atomic E-state index is -4.34. The van der Waals surface area contributed by atoms with E-state index in [1.54, 1.807) is 19.0 Å². The molecule has 1 atom stereocenters. The number of carbonyl (C=O) groups is 1. The average Bonchev–Trinajstić information content (AvgIpc) is 2.15. The summed E-state index contributed by atoms with van der Waals surface area (Å²) in [6, 6.07) is 4.17. The van der Waals surface area contributed by atoms with Gasteiger partial charge in [-0.1, -0.05) is 12.1 Å². The number of Topliss-reactive ketones (excluding diaryl/α,β-unsaturated/α-hetero) is 1. The van der Waals surface area contributed by atoms with Crippen molar-refractivity contribution in [1.82, 2.24) is 4.90 Å². The van der Waals surface area contributed by atoms with Crippen LogP contribution in [0.2, 0.25) is 0 Å². The highest BCUT2D eigenvalue weighted by atomic mass is 19.4. The molecule has 0 aliphatic carbocycles. The summed E-state index contributed by atoms with van der Waals surface area (Å²) in [5.74, 6) is -0.102. The minimum Gasteiger partial charge on any atom is -0.298 e. The number of carbonyl (C=O) groups excluding carboxylic acids is 1. The van der Waals surface area contributed by atoms with Gasteiger partial charge in [0, 0.05) is 0 Å². The van der Waals surface area contributed by atoms with Crippen molar-refractivity contribution in [3.8, 4) is 0 Å². The van der Waals surface area contributed by atoms with Crippen LogP contribution in [0.25, 0.3) is 0 Å². The fourth-order valence-corrected chi connectivity index (χ4v) is 1.75. The van der Waals surface area contributed by atoms with Crippen molar-refractivity contribution in [1.29, 1.82) is 0 Å². The molecule has 1 aromatic carbocycles. The van der Waals surface area contributed by atoms with Crippen molar-refractivity contribution in [3.05, 3.63) is 35.4 Å². The number of hydrogen-bond donors (Lipinski definition) is 0. The Hall–Kier alpha value is -1.36. The topological polar surface area (TPSA) is 20.3 Å². The monoisotopic (exact) mass is 245 g/mol. The van der Waals surface area contributed by atoms with E-state index in [0.717, 1.165) is 12.1 Å². The third-order valence-corrected chi connectivity index (χ3v) is 2.46. The summed E-state index contributed by atoms with van der Waals surface area (Å²) in [5.41, 5.74) is -0.141. The second-order valence-electron chi connectivity index (χ2n) is 4.10. The smallest absolute Gasteiger partial charge is 0.298 e. The maximum atomic E-state index is 12.4. The van der Waals surface area contributed by atoms with Gasteiger partial charge in [0.25, 0.3) is 0 Å². The van der Waals surface area contributed by atoms with Gasteiger partial charge in [-0.05, 0) is 38.7 Å². The van der Waals surface area contributed by atoms with Crippen molar-refractivity contribution < 1.29 is 18.0 Å². The zero-order valence-corrected chi connectivity index (χ0v) is 9.88. The van der Waals surface area contributed by atoms with Gasteiger partial charge < -0.3 is 0 Å². The number of likely N-dealkylation sites (N-methyl/N-ethyl adjacent to an activating group) is 1. The largest absolute Gasteiger partial charge is 0.416 e. The first-order chi connectivity index (χ1) is 7.73. The summed E-state index contributed by atoms with van der Waals surface area (Å²) < 4.78 is 37.1. The zero-order valence-electron chi connectivity index (χ0n) is 9.88. The third kappa shape index (κ3) is 3.30. The molecule has 0 saturated heterocycles. The molecule has 0 saturated carbocycles. The molecule has 1 aromatic rings. The molecule has 0 spiro atoms. The van der Waals surface area contributed by atoms with Crippen LogP contribution in [0.3, 0.4) is 0 Å². The quantitative estimate of drug-likeness (QED) is 0.816. The van der Waals surface area contributed by atoms with Crippen molar-refractivity contribution in [2.45, 2.75) is 19.1 Å². The first-order valence-corrected chi connectivity index (χ1v) is 5.07. The molecule has 0 amide bonds. The third-order valence-electron chi connectivity index (χ3n) is 2.46. The van der Waals surface area contributed by atoms with Crippen molar-refractivity contribution >= 4 is 5.78 Å². The lowest BCUT2D eigenvalue weighted by Crippen LogP contribution is -2.26. The molecule has 1 unspecified atom stereocenters. The summed E-state index contributed by atoms with van der Waals surface area (Å²) in [5, 5.41) is 0. The summed E-state index contributed by atoms with van der Waals surface area (Å²) in [7, 11) is 3.42. The second-order valence-corrected chi connectivity index (χ2v) is 4.10. The van der Waals surface area contributed by atoms with Gasteiger partial charge in [0.15, 0.2) is 5.78 Å². The number of hydrogen-bond acceptors (Lipinski definition) is 2. The summed E-state index contributed by atoms with van der Waals surface area (Å²) in [6.07, 6.45) is -4.34. The summed E-state index contributed by atoms with van der Waals surface area (Å²) in [6.45, 7) is 1.42. The molecule has 0 aromatic heterocycles. The van der Waals surface area contributed by atoms with E-state index < -0.39 is 17.8 Å². The Morgan fingerprint density at radius 3 is 1.94 bits per heavy atom. The van der Waals surface area contributed by atoms with E-state index in [4.69, 9.17) is 0 Å². The molecule has 2 nitrogen and oxygen atoms in total. The van der Waals surface area contributed by atoms with Gasteiger partial charge in [-0.25, -0.2) is 0 Å². The van der Waals surface area contributed by atoms with Crippen LogP contribution < -0.4 is 0 Å². The molecule has 5 heteroatoms. The minimum absolute atomic E-state index is 0.102. The number of halogens is 3. The molecular weight excluding hydrogens is 231 g/mol. The van der Waals surface area contributed by atoms with Gasteiger partial charge in [0.05, 0.1) is 11.6 Å². The van der Waals surface area contributed by atoms with Gasteiger partial charge in [-0.3, -0.25) is 9.69 Å². The summed E-state index contributed by atoms with van der Waals surface area (Å²) >= 11 is 0. The number of nitrogens with zero attached hydrogens (tertiary/aromatic N) is 1. The van der Waals surface area contributed by atoms with Gasteiger partial charge in [0.1, 0.15) is 0 Å². The maximum Gasteiger partial charge on any atom is 0.416 e. The van der Waals surface area contributed by atoms with E-state index in [9.17, 15) is 18.0 Å². The van der Waals surface area contributed by atoms with Crippen molar-refractivity contribution in [3.63, 3.8) is 0 Å². The van der Waals surface area contributed by atoms with E-state index in [0.29, 0.717) is 5.56 Å². The SMILES string of the molecule is CC(=O)C(c1ccc(C(F)(F)F)cc1)N(C)C. The molecule has 17 heavy (non-hydrogen) atoms. The Balaban J connectivity index is 3.05. The second kappa shape index (κ2) is 4.87. The lowest BCUT2D eigenvalue weighted by molar-refractivity contribution is -0.137. The molecule has 0 fully saturated rings. The van der Waals surface area contributed by atoms with E-state index in [-0.39, 0.29) is 5.78 Å². The first-order valence-electron chi connectivity index (χ1n) is 5.07. The molecule has 1 rings (SSSR count). The number of benzene rings is 1. The predicted octanol–water partition coefficient (Wildman–Crippen LogP) is 2.90. The molecule has 0 radical (unpaired) electrons. The molecule has 0 aliphatic heterocycles. The highest BCUT2D eigenvalue weighted by Gasteiger charge is 2.30. The van der Waals surface area contributed by atoms with Gasteiger partial charge in [0.2, 0.25) is 0 Å². The molecule has 0 aliphatic rings. The molecular formula is C12H14F3NO. The normalized spacial score (nSPS) is 13.8. The lowest BCUT2D eigenvalue weighted by Gasteiger charge is -2.22. The fraction of sp³-hybridized carbons (Fsp3) is 0.417. The lowest BCUT2D eigenvalue weighted by atomic mass is 10.0. The van der Waals surface area contributed by atoms with E-state index in [1.807, 2.05) is 0 Å². The molecule has 0 heterocycles. The van der Waals surface area contributed by atoms with Crippen LogP contribution in [0.4, 0.5) is 13.2 Å². The zero-order chi connectivity index (χ0) is 13.2. The van der Waals surface area contributed by atoms with Crippen LogP contribution in [0, 0.1) is 0 Å². The van der Waals surface area contributed by atoms with Crippen LogP contribution in [0.1, 0.15) is 24.1 Å². The van der Waals surface area contributed by atoms with Gasteiger partial charge >= 0.3 is 6.18 Å². The van der Waals surface area contributed by atoms with E-state index >= 15 is 0 Å². The van der Waals surface area contributed by atoms with E-state index in [2.05, 4.69) is 0 Å². The van der Waals surface area contributed by atoms with Crippen LogP contribution in [0.15, 0.2) is 24.3 Å². The van der Waals surface area contributed by atoms with Crippen LogP contribution in [0.5, 0.6) is 0 Å². The van der Waals surface area contributed by atoms with Crippen LogP contribution >= 0.6 is 0 Å². The highest BCUT2D eigenvalue weighted by molar-refractivity contribution is 5.82. The number of rotatable bonds is 3. The van der Waals surface area contributed by atoms with Gasteiger partial charge in [-0.15, -0.1) is 0 Å². The average molecular weight is 245 g/mol. The Kier molecular flexibility index (Phi) is 3.93. The van der Waals surface area contributed by atoms with Gasteiger partial charge in [-0.2, -0.15) is 13.2 Å². The van der Waals surface area contributed by atoms with E-state index in [1.165, 1.54) is 19.1 Å². The summed E-state index contributed by atoms with van der Waals surface area (Å²) in [4.78, 5) is 13.1.